The molecule has 1 spiro atoms. The van der Waals surface area contributed by atoms with Gasteiger partial charge in [0.05, 0.1) is 23.7 Å². The summed E-state index contributed by atoms with van der Waals surface area (Å²) < 4.78 is 4.52. The van der Waals surface area contributed by atoms with Crippen LogP contribution in [0.25, 0.3) is 0 Å². The van der Waals surface area contributed by atoms with E-state index in [9.17, 15) is 19.5 Å². The van der Waals surface area contributed by atoms with Crippen LogP contribution in [-0.4, -0.2) is 68.9 Å². The average Bonchev–Trinajstić information content (AvgIpc) is 3.51. The Hall–Kier alpha value is -2.56. The lowest BCUT2D eigenvalue weighted by atomic mass is 9.70. The number of carbonyl (C=O) groups is 3. The third kappa shape index (κ3) is 4.82. The number of fused-ring (bicyclic) bond motifs is 1. The molecule has 3 heterocycles. The van der Waals surface area contributed by atoms with E-state index in [1.54, 1.807) is 48.0 Å². The van der Waals surface area contributed by atoms with Crippen molar-refractivity contribution in [2.45, 2.75) is 46.5 Å². The van der Waals surface area contributed by atoms with Crippen molar-refractivity contribution in [2.75, 3.05) is 30.9 Å². The minimum Gasteiger partial charge on any atom is -0.497 e. The number of nitrogens with one attached hydrogen (secondary N) is 2. The summed E-state index contributed by atoms with van der Waals surface area (Å²) >= 11 is 5.41. The summed E-state index contributed by atoms with van der Waals surface area (Å²) in [5.41, 5.74) is 1.31. The van der Waals surface area contributed by atoms with Crippen LogP contribution >= 0.6 is 27.7 Å². The number of aliphatic hydroxyl groups is 1. The van der Waals surface area contributed by atoms with Gasteiger partial charge in [0.15, 0.2) is 0 Å². The molecule has 202 valence electrons. The number of hydrogen-bond donors (Lipinski definition) is 3. The normalized spacial score (nSPS) is 29.3. The van der Waals surface area contributed by atoms with Crippen molar-refractivity contribution in [3.05, 3.63) is 54.6 Å². The molecule has 0 saturated carbocycles. The fraction of sp³-hybridized carbons (Fsp3) is 0.464. The van der Waals surface area contributed by atoms with E-state index in [2.05, 4.69) is 26.6 Å². The van der Waals surface area contributed by atoms with Crippen LogP contribution in [0, 0.1) is 11.8 Å². The largest absolute Gasteiger partial charge is 0.497 e. The summed E-state index contributed by atoms with van der Waals surface area (Å²) in [6.07, 6.45) is 2.69. The average molecular weight is 603 g/mol. The van der Waals surface area contributed by atoms with Crippen molar-refractivity contribution in [1.29, 1.82) is 0 Å². The van der Waals surface area contributed by atoms with E-state index in [-0.39, 0.29) is 34.4 Å². The van der Waals surface area contributed by atoms with Crippen molar-refractivity contribution in [3.63, 3.8) is 0 Å². The van der Waals surface area contributed by atoms with E-state index in [0.29, 0.717) is 42.9 Å². The molecule has 0 aromatic heterocycles. The molecule has 3 aliphatic rings. The zero-order chi connectivity index (χ0) is 26.9. The molecule has 2 aromatic rings. The summed E-state index contributed by atoms with van der Waals surface area (Å²) in [6.45, 7) is 0.495. The number of thioether (sulfide) groups is 1. The Morgan fingerprint density at radius 2 is 1.74 bits per heavy atom. The number of para-hydroxylation sites is 1. The maximum absolute atomic E-state index is 14.0. The molecule has 3 saturated heterocycles. The summed E-state index contributed by atoms with van der Waals surface area (Å²) in [5.74, 6) is -1.02. The smallest absolute Gasteiger partial charge is 0.248 e. The number of alkyl halides is 1. The van der Waals surface area contributed by atoms with Gasteiger partial charge in [-0.15, -0.1) is 11.8 Å². The van der Waals surface area contributed by atoms with Crippen LogP contribution in [-0.2, 0) is 14.4 Å². The predicted octanol–water partition coefficient (Wildman–Crippen LogP) is 3.90. The minimum atomic E-state index is -0.708. The molecule has 5 rings (SSSR count). The molecule has 3 fully saturated rings. The SMILES string of the molecule is COc1ccc(NC(=O)C2N(CCCCCO)C(=O)[C@@H]3[C@@H](C(=O)Nc4ccccc4)[C@@H]4SC23CC4Br)cc1. The van der Waals surface area contributed by atoms with Crippen molar-refractivity contribution < 1.29 is 24.2 Å². The van der Waals surface area contributed by atoms with Gasteiger partial charge in [0, 0.05) is 34.6 Å². The van der Waals surface area contributed by atoms with Crippen LogP contribution < -0.4 is 15.4 Å². The van der Waals surface area contributed by atoms with Gasteiger partial charge >= 0.3 is 0 Å². The number of carbonyl (C=O) groups excluding carboxylic acids is 3. The maximum Gasteiger partial charge on any atom is 0.248 e. The predicted molar refractivity (Wildman–Crippen MR) is 152 cm³/mol. The first kappa shape index (κ1) is 27.0. The van der Waals surface area contributed by atoms with Crippen LogP contribution in [0.15, 0.2) is 54.6 Å². The van der Waals surface area contributed by atoms with E-state index in [0.717, 1.165) is 6.42 Å². The van der Waals surface area contributed by atoms with E-state index in [1.165, 1.54) is 0 Å². The standard InChI is InChI=1S/C28H32BrN3O5S/c1-37-19-12-10-18(11-13-19)31-26(35)24-28-16-20(29)23(38-28)21(25(34)30-17-8-4-2-5-9-17)22(28)27(36)32(24)14-6-3-7-15-33/h2,4-5,8-13,20-24,33H,3,6-7,14-16H2,1H3,(H,30,34)(H,31,35)/t20?,21-,22+,23-,24?,28?/m1/s1. The van der Waals surface area contributed by atoms with Gasteiger partial charge < -0.3 is 25.4 Å². The van der Waals surface area contributed by atoms with Crippen LogP contribution in [0.2, 0.25) is 0 Å². The molecule has 0 aliphatic carbocycles. The molecule has 2 aromatic carbocycles. The third-order valence-electron chi connectivity index (χ3n) is 7.80. The van der Waals surface area contributed by atoms with Crippen LogP contribution in [0.1, 0.15) is 25.7 Å². The molecule has 8 nitrogen and oxygen atoms in total. The van der Waals surface area contributed by atoms with Gasteiger partial charge in [-0.05, 0) is 62.1 Å². The highest BCUT2D eigenvalue weighted by Gasteiger charge is 2.75. The third-order valence-corrected chi connectivity index (χ3v) is 11.0. The van der Waals surface area contributed by atoms with E-state index in [1.807, 2.05) is 30.3 Å². The van der Waals surface area contributed by atoms with Crippen molar-refractivity contribution in [2.24, 2.45) is 11.8 Å². The van der Waals surface area contributed by atoms with E-state index >= 15 is 0 Å². The zero-order valence-corrected chi connectivity index (χ0v) is 23.5. The first-order valence-electron chi connectivity index (χ1n) is 12.9. The lowest BCUT2D eigenvalue weighted by Crippen LogP contribution is -2.52. The molecule has 10 heteroatoms. The van der Waals surface area contributed by atoms with Gasteiger partial charge in [0.25, 0.3) is 0 Å². The number of halogens is 1. The lowest BCUT2D eigenvalue weighted by Gasteiger charge is -2.35. The van der Waals surface area contributed by atoms with E-state index in [4.69, 9.17) is 4.74 Å². The number of ether oxygens (including phenoxy) is 1. The molecule has 2 bridgehead atoms. The molecule has 3 aliphatic heterocycles. The second kappa shape index (κ2) is 11.3. The van der Waals surface area contributed by atoms with Gasteiger partial charge in [-0.25, -0.2) is 0 Å². The summed E-state index contributed by atoms with van der Waals surface area (Å²) in [6, 6.07) is 15.6. The number of hydrogen-bond acceptors (Lipinski definition) is 6. The molecule has 0 radical (unpaired) electrons. The lowest BCUT2D eigenvalue weighted by molar-refractivity contribution is -0.138. The van der Waals surface area contributed by atoms with Crippen LogP contribution in [0.3, 0.4) is 0 Å². The van der Waals surface area contributed by atoms with Crippen LogP contribution in [0.5, 0.6) is 5.75 Å². The number of benzene rings is 2. The number of anilines is 2. The second-order valence-electron chi connectivity index (χ2n) is 10.1. The first-order chi connectivity index (χ1) is 18.4. The summed E-state index contributed by atoms with van der Waals surface area (Å²) in [4.78, 5) is 43.3. The monoisotopic (exact) mass is 601 g/mol. The summed E-state index contributed by atoms with van der Waals surface area (Å²) in [7, 11) is 1.58. The molecular formula is C28H32BrN3O5S. The molecule has 3 N–H and O–H groups in total. The van der Waals surface area contributed by atoms with Gasteiger partial charge in [-0.2, -0.15) is 0 Å². The molecule has 3 amide bonds. The molecule has 38 heavy (non-hydrogen) atoms. The van der Waals surface area contributed by atoms with Crippen molar-refractivity contribution in [1.82, 2.24) is 4.90 Å². The number of methoxy groups -OCH3 is 1. The van der Waals surface area contributed by atoms with Gasteiger partial charge in [0.1, 0.15) is 11.8 Å². The Kier molecular flexibility index (Phi) is 8.02. The first-order valence-corrected chi connectivity index (χ1v) is 14.7. The Morgan fingerprint density at radius 1 is 1.05 bits per heavy atom. The zero-order valence-electron chi connectivity index (χ0n) is 21.1. The van der Waals surface area contributed by atoms with Crippen LogP contribution in [0.4, 0.5) is 11.4 Å². The Labute approximate surface area is 235 Å². The molecule has 6 atom stereocenters. The highest BCUT2D eigenvalue weighted by atomic mass is 79.9. The summed E-state index contributed by atoms with van der Waals surface area (Å²) in [5, 5.41) is 15.1. The van der Waals surface area contributed by atoms with Crippen molar-refractivity contribution >= 4 is 56.8 Å². The highest BCUT2D eigenvalue weighted by Crippen LogP contribution is 2.67. The maximum atomic E-state index is 14.0. The van der Waals surface area contributed by atoms with Gasteiger partial charge in [0.2, 0.25) is 17.7 Å². The number of unbranched alkanes of at least 4 members (excludes halogenated alkanes) is 2. The molecule has 3 unspecified atom stereocenters. The van der Waals surface area contributed by atoms with Crippen molar-refractivity contribution in [3.8, 4) is 5.75 Å². The quantitative estimate of drug-likeness (QED) is 0.281. The van der Waals surface area contributed by atoms with Gasteiger partial charge in [-0.1, -0.05) is 34.1 Å². The van der Waals surface area contributed by atoms with E-state index < -0.39 is 22.6 Å². The van der Waals surface area contributed by atoms with Gasteiger partial charge in [-0.3, -0.25) is 14.4 Å². The Bertz CT molecular complexity index is 1180. The number of likely N-dealkylation sites (tertiary alicyclic amines) is 1. The fourth-order valence-corrected chi connectivity index (χ4v) is 9.79. The number of rotatable bonds is 10. The number of nitrogens with zero attached hydrogens (tertiary/aromatic N) is 1. The second-order valence-corrected chi connectivity index (χ2v) is 12.8. The molecular weight excluding hydrogens is 570 g/mol. The Balaban J connectivity index is 1.45. The number of aliphatic hydroxyl groups excluding tert-OH is 1. The minimum absolute atomic E-state index is 0.00805. The highest BCUT2D eigenvalue weighted by molar-refractivity contribution is 9.09. The Morgan fingerprint density at radius 3 is 2.42 bits per heavy atom. The number of amides is 3. The fourth-order valence-electron chi connectivity index (χ4n) is 6.17. The topological polar surface area (TPSA) is 108 Å².